The molecule has 0 saturated carbocycles. The fraction of sp³-hybridized carbons (Fsp3) is 0.250. The monoisotopic (exact) mass is 349 g/mol. The van der Waals surface area contributed by atoms with Gasteiger partial charge >= 0.3 is 0 Å². The first-order chi connectivity index (χ1) is 12.7. The summed E-state index contributed by atoms with van der Waals surface area (Å²) in [4.78, 5) is 12.0. The van der Waals surface area contributed by atoms with Gasteiger partial charge in [-0.3, -0.25) is 4.79 Å². The van der Waals surface area contributed by atoms with E-state index >= 15 is 0 Å². The lowest BCUT2D eigenvalue weighted by Crippen LogP contribution is -2.27. The topological polar surface area (TPSA) is 83.7 Å². The van der Waals surface area contributed by atoms with Crippen LogP contribution in [0.2, 0.25) is 0 Å². The maximum absolute atomic E-state index is 12.0. The van der Waals surface area contributed by atoms with E-state index in [4.69, 9.17) is 14.7 Å². The summed E-state index contributed by atoms with van der Waals surface area (Å²) in [5.41, 5.74) is 5.98. The van der Waals surface area contributed by atoms with Crippen molar-refractivity contribution in [3.8, 4) is 17.6 Å². The number of ether oxygens (including phenoxy) is 2. The van der Waals surface area contributed by atoms with E-state index in [1.165, 1.54) is 5.56 Å². The molecule has 6 nitrogen and oxygen atoms in total. The predicted octanol–water partition coefficient (Wildman–Crippen LogP) is 2.80. The summed E-state index contributed by atoms with van der Waals surface area (Å²) in [7, 11) is 1.64. The van der Waals surface area contributed by atoms with Crippen LogP contribution in [0.25, 0.3) is 0 Å². The van der Waals surface area contributed by atoms with E-state index in [-0.39, 0.29) is 12.5 Å². The lowest BCUT2D eigenvalue weighted by molar-refractivity contribution is -0.123. The Bertz CT molecular complexity index is 884. The number of nitrogens with zero attached hydrogens (tertiary/aromatic N) is 2. The molecule has 0 spiro atoms. The number of carbonyl (C=O) groups excluding carboxylic acids is 1. The molecule has 1 aliphatic carbocycles. The van der Waals surface area contributed by atoms with Gasteiger partial charge in [-0.2, -0.15) is 10.4 Å². The standard InChI is InChI=1S/C20H19N3O3/c1-25-16-9-10-17-14(11-16)6-4-7-18(17)22-23-20(24)13-26-19-8-3-2-5-15(19)12-21/h2-3,5,8-11H,4,6-7,13H2,1H3,(H,23,24). The highest BCUT2D eigenvalue weighted by molar-refractivity contribution is 6.03. The zero-order valence-corrected chi connectivity index (χ0v) is 14.5. The predicted molar refractivity (Wildman–Crippen MR) is 97.3 cm³/mol. The molecule has 0 aromatic heterocycles. The number of aryl methyl sites for hydroxylation is 1. The van der Waals surface area contributed by atoms with Crippen molar-refractivity contribution >= 4 is 11.6 Å². The van der Waals surface area contributed by atoms with Crippen molar-refractivity contribution in [2.75, 3.05) is 13.7 Å². The number of nitriles is 1. The number of hydrogen-bond donors (Lipinski definition) is 1. The zero-order valence-electron chi connectivity index (χ0n) is 14.5. The quantitative estimate of drug-likeness (QED) is 0.841. The summed E-state index contributed by atoms with van der Waals surface area (Å²) in [6.07, 6.45) is 2.74. The number of benzene rings is 2. The van der Waals surface area contributed by atoms with Crippen LogP contribution in [0.15, 0.2) is 47.6 Å². The number of methoxy groups -OCH3 is 1. The molecule has 3 rings (SSSR count). The molecular formula is C20H19N3O3. The van der Waals surface area contributed by atoms with Crippen molar-refractivity contribution in [2.24, 2.45) is 5.10 Å². The molecule has 2 aromatic rings. The van der Waals surface area contributed by atoms with Crippen molar-refractivity contribution in [1.82, 2.24) is 5.43 Å². The lowest BCUT2D eigenvalue weighted by Gasteiger charge is -2.18. The van der Waals surface area contributed by atoms with Crippen molar-refractivity contribution in [2.45, 2.75) is 19.3 Å². The molecule has 0 radical (unpaired) electrons. The van der Waals surface area contributed by atoms with Gasteiger partial charge in [-0.15, -0.1) is 0 Å². The SMILES string of the molecule is COc1ccc2c(c1)CCCC2=NNC(=O)COc1ccccc1C#N. The van der Waals surface area contributed by atoms with E-state index in [0.717, 1.165) is 36.3 Å². The van der Waals surface area contributed by atoms with Crippen LogP contribution < -0.4 is 14.9 Å². The molecule has 0 heterocycles. The molecule has 0 bridgehead atoms. The second-order valence-electron chi connectivity index (χ2n) is 5.87. The molecule has 26 heavy (non-hydrogen) atoms. The summed E-state index contributed by atoms with van der Waals surface area (Å²) in [6.45, 7) is -0.203. The van der Waals surface area contributed by atoms with Gasteiger partial charge in [0.15, 0.2) is 6.61 Å². The number of amides is 1. The third-order valence-electron chi connectivity index (χ3n) is 4.16. The Kier molecular flexibility index (Phi) is 5.49. The number of nitrogens with one attached hydrogen (secondary N) is 1. The van der Waals surface area contributed by atoms with Crippen LogP contribution >= 0.6 is 0 Å². The zero-order chi connectivity index (χ0) is 18.4. The first-order valence-electron chi connectivity index (χ1n) is 8.36. The highest BCUT2D eigenvalue weighted by Crippen LogP contribution is 2.25. The van der Waals surface area contributed by atoms with Gasteiger partial charge < -0.3 is 9.47 Å². The molecule has 1 N–H and O–H groups in total. The third kappa shape index (κ3) is 4.01. The maximum Gasteiger partial charge on any atom is 0.277 e. The highest BCUT2D eigenvalue weighted by Gasteiger charge is 2.16. The van der Waals surface area contributed by atoms with Crippen molar-refractivity contribution in [3.05, 3.63) is 59.2 Å². The average molecular weight is 349 g/mol. The van der Waals surface area contributed by atoms with E-state index in [1.807, 2.05) is 24.3 Å². The maximum atomic E-state index is 12.0. The number of para-hydroxylation sites is 1. The molecule has 1 aliphatic rings. The van der Waals surface area contributed by atoms with Gasteiger partial charge in [-0.25, -0.2) is 5.43 Å². The summed E-state index contributed by atoms with van der Waals surface area (Å²) < 4.78 is 10.7. The van der Waals surface area contributed by atoms with Crippen LogP contribution in [-0.2, 0) is 11.2 Å². The van der Waals surface area contributed by atoms with Crippen LogP contribution in [0.1, 0.15) is 29.5 Å². The average Bonchev–Trinajstić information content (AvgIpc) is 2.70. The number of hydrogen-bond acceptors (Lipinski definition) is 5. The Hall–Kier alpha value is -3.33. The second-order valence-corrected chi connectivity index (χ2v) is 5.87. The first-order valence-corrected chi connectivity index (χ1v) is 8.36. The summed E-state index contributed by atoms with van der Waals surface area (Å²) >= 11 is 0. The lowest BCUT2D eigenvalue weighted by atomic mass is 9.90. The molecule has 0 fully saturated rings. The Morgan fingerprint density at radius 2 is 2.12 bits per heavy atom. The van der Waals surface area contributed by atoms with Crippen LogP contribution in [0.3, 0.4) is 0 Å². The number of fused-ring (bicyclic) bond motifs is 1. The van der Waals surface area contributed by atoms with Crippen LogP contribution in [0.5, 0.6) is 11.5 Å². The largest absolute Gasteiger partial charge is 0.497 e. The van der Waals surface area contributed by atoms with E-state index < -0.39 is 0 Å². The van der Waals surface area contributed by atoms with Gasteiger partial charge in [-0.05, 0) is 55.2 Å². The fourth-order valence-electron chi connectivity index (χ4n) is 2.87. The minimum absolute atomic E-state index is 0.203. The Morgan fingerprint density at radius 3 is 2.92 bits per heavy atom. The number of rotatable bonds is 5. The molecule has 1 amide bonds. The van der Waals surface area contributed by atoms with E-state index in [9.17, 15) is 4.79 Å². The molecule has 132 valence electrons. The molecule has 2 aromatic carbocycles. The Labute approximate surface area is 152 Å². The Morgan fingerprint density at radius 1 is 1.27 bits per heavy atom. The molecule has 0 aliphatic heterocycles. The molecule has 6 heteroatoms. The summed E-state index contributed by atoms with van der Waals surface area (Å²) in [5, 5.41) is 13.3. The van der Waals surface area contributed by atoms with Gasteiger partial charge in [0.1, 0.15) is 17.6 Å². The normalized spacial score (nSPS) is 14.2. The second kappa shape index (κ2) is 8.17. The highest BCUT2D eigenvalue weighted by atomic mass is 16.5. The van der Waals surface area contributed by atoms with Crippen molar-refractivity contribution < 1.29 is 14.3 Å². The van der Waals surface area contributed by atoms with E-state index in [1.54, 1.807) is 31.4 Å². The van der Waals surface area contributed by atoms with Gasteiger partial charge in [0.25, 0.3) is 5.91 Å². The fourth-order valence-corrected chi connectivity index (χ4v) is 2.87. The third-order valence-corrected chi connectivity index (χ3v) is 4.16. The van der Waals surface area contributed by atoms with Gasteiger partial charge in [0.2, 0.25) is 0 Å². The minimum Gasteiger partial charge on any atom is -0.497 e. The van der Waals surface area contributed by atoms with Crippen molar-refractivity contribution in [3.63, 3.8) is 0 Å². The van der Waals surface area contributed by atoms with Crippen molar-refractivity contribution in [1.29, 1.82) is 5.26 Å². The number of hydrazone groups is 1. The summed E-state index contributed by atoms with van der Waals surface area (Å²) in [6, 6.07) is 14.7. The molecule has 0 atom stereocenters. The van der Waals surface area contributed by atoms with Crippen LogP contribution in [-0.4, -0.2) is 25.3 Å². The summed E-state index contributed by atoms with van der Waals surface area (Å²) in [5.74, 6) is 0.831. The van der Waals surface area contributed by atoms with Gasteiger partial charge in [0, 0.05) is 5.56 Å². The molecular weight excluding hydrogens is 330 g/mol. The molecule has 0 unspecified atom stereocenters. The molecule has 0 saturated heterocycles. The van der Waals surface area contributed by atoms with Gasteiger partial charge in [-0.1, -0.05) is 12.1 Å². The van der Waals surface area contributed by atoms with E-state index in [2.05, 4.69) is 10.5 Å². The van der Waals surface area contributed by atoms with E-state index in [0.29, 0.717) is 11.3 Å². The van der Waals surface area contributed by atoms with Crippen LogP contribution in [0, 0.1) is 11.3 Å². The van der Waals surface area contributed by atoms with Gasteiger partial charge in [0.05, 0.1) is 18.4 Å². The Balaban J connectivity index is 1.64. The smallest absolute Gasteiger partial charge is 0.277 e. The van der Waals surface area contributed by atoms with Crippen LogP contribution in [0.4, 0.5) is 0 Å². The first kappa shape index (κ1) is 17.5. The minimum atomic E-state index is -0.370. The number of carbonyl (C=O) groups is 1.